The molecule has 2 amide bonds. The first kappa shape index (κ1) is 24.4. The molecule has 9 nitrogen and oxygen atoms in total. The molecular formula is C26H32ClN7O2. The van der Waals surface area contributed by atoms with Crippen LogP contribution in [0.15, 0.2) is 24.8 Å². The summed E-state index contributed by atoms with van der Waals surface area (Å²) < 4.78 is 2.10. The smallest absolute Gasteiger partial charge is 0.245 e. The van der Waals surface area contributed by atoms with Crippen molar-refractivity contribution < 1.29 is 9.59 Å². The van der Waals surface area contributed by atoms with Gasteiger partial charge in [0, 0.05) is 90.9 Å². The topological polar surface area (TPSA) is 112 Å². The SMILES string of the molecule is C=CC(=O)N1CC2(CC(n3nc(N4CCN(C(C)=O)CC4)c(-c4c(Cl)ccc(N)c4C=N)c3C)C2)C1. The van der Waals surface area contributed by atoms with Crippen LogP contribution in [0.5, 0.6) is 0 Å². The molecule has 10 heteroatoms. The number of carbonyl (C=O) groups excluding carboxylic acids is 2. The van der Waals surface area contributed by atoms with Gasteiger partial charge in [0.05, 0.1) is 6.04 Å². The first-order chi connectivity index (χ1) is 17.2. The molecule has 1 aliphatic carbocycles. The van der Waals surface area contributed by atoms with Crippen LogP contribution in [0.1, 0.15) is 37.1 Å². The van der Waals surface area contributed by atoms with Crippen LogP contribution < -0.4 is 10.6 Å². The molecule has 1 aromatic carbocycles. The van der Waals surface area contributed by atoms with E-state index in [1.807, 2.05) is 16.7 Å². The monoisotopic (exact) mass is 509 g/mol. The van der Waals surface area contributed by atoms with Gasteiger partial charge in [-0.05, 0) is 38.0 Å². The van der Waals surface area contributed by atoms with Gasteiger partial charge in [-0.2, -0.15) is 5.10 Å². The Morgan fingerprint density at radius 2 is 1.83 bits per heavy atom. The number of hydrogen-bond acceptors (Lipinski definition) is 6. The standard InChI is InChI=1S/C26H32ClN7O2/c1-4-22(36)33-14-26(15-33)11-18(12-26)34-16(2)23(24-19(13-28)21(29)6-5-20(24)27)25(30-34)32-9-7-31(8-10-32)17(3)35/h4-6,13,18,28H,1,7-12,14-15,29H2,2-3H3. The maximum atomic E-state index is 11.9. The van der Waals surface area contributed by atoms with Crippen molar-refractivity contribution in [3.63, 3.8) is 0 Å². The lowest BCUT2D eigenvalue weighted by molar-refractivity contribution is -0.149. The van der Waals surface area contributed by atoms with E-state index in [0.717, 1.165) is 48.6 Å². The molecular weight excluding hydrogens is 478 g/mol. The van der Waals surface area contributed by atoms with E-state index in [1.165, 1.54) is 12.3 Å². The van der Waals surface area contributed by atoms with Crippen LogP contribution in [0, 0.1) is 17.7 Å². The van der Waals surface area contributed by atoms with Crippen LogP contribution in [0.2, 0.25) is 5.02 Å². The molecule has 0 bridgehead atoms. The molecule has 5 rings (SSSR count). The zero-order valence-electron chi connectivity index (χ0n) is 20.8. The fraction of sp³-hybridized carbons (Fsp3) is 0.462. The number of hydrogen-bond donors (Lipinski definition) is 2. The molecule has 3 heterocycles. The van der Waals surface area contributed by atoms with Gasteiger partial charge < -0.3 is 25.8 Å². The highest BCUT2D eigenvalue weighted by atomic mass is 35.5. The van der Waals surface area contributed by atoms with Crippen LogP contribution in [-0.2, 0) is 9.59 Å². The first-order valence-corrected chi connectivity index (χ1v) is 12.7. The van der Waals surface area contributed by atoms with Crippen molar-refractivity contribution in [1.82, 2.24) is 19.6 Å². The molecule has 3 fully saturated rings. The van der Waals surface area contributed by atoms with Crippen molar-refractivity contribution in [2.45, 2.75) is 32.7 Å². The summed E-state index contributed by atoms with van der Waals surface area (Å²) in [6.45, 7) is 11.3. The summed E-state index contributed by atoms with van der Waals surface area (Å²) in [5.74, 6) is 0.874. The fourth-order valence-corrected chi connectivity index (χ4v) is 6.30. The number of amides is 2. The number of likely N-dealkylation sites (tertiary alicyclic amines) is 1. The Balaban J connectivity index is 1.50. The van der Waals surface area contributed by atoms with E-state index in [2.05, 4.69) is 16.2 Å². The predicted molar refractivity (Wildman–Crippen MR) is 142 cm³/mol. The van der Waals surface area contributed by atoms with Crippen molar-refractivity contribution in [3.05, 3.63) is 41.1 Å². The summed E-state index contributed by atoms with van der Waals surface area (Å²) in [6.07, 6.45) is 4.54. The number of rotatable bonds is 5. The molecule has 1 saturated carbocycles. The number of carbonyl (C=O) groups is 2. The van der Waals surface area contributed by atoms with Crippen molar-refractivity contribution in [2.24, 2.45) is 5.41 Å². The van der Waals surface area contributed by atoms with E-state index in [4.69, 9.17) is 27.8 Å². The predicted octanol–water partition coefficient (Wildman–Crippen LogP) is 3.11. The quantitative estimate of drug-likeness (QED) is 0.365. The lowest BCUT2D eigenvalue weighted by Crippen LogP contribution is -2.63. The number of piperazine rings is 1. The van der Waals surface area contributed by atoms with Gasteiger partial charge in [0.2, 0.25) is 11.8 Å². The Morgan fingerprint density at radius 1 is 1.17 bits per heavy atom. The number of aromatic nitrogens is 2. The number of benzene rings is 1. The number of nitrogen functional groups attached to an aromatic ring is 1. The summed E-state index contributed by atoms with van der Waals surface area (Å²) in [7, 11) is 0. The van der Waals surface area contributed by atoms with Crippen LogP contribution in [0.25, 0.3) is 11.1 Å². The number of anilines is 2. The summed E-state index contributed by atoms with van der Waals surface area (Å²) in [5.41, 5.74) is 10.1. The summed E-state index contributed by atoms with van der Waals surface area (Å²) in [5, 5.41) is 13.7. The normalized spacial score (nSPS) is 19.1. The number of halogens is 1. The second-order valence-corrected chi connectivity index (χ2v) is 10.7. The third-order valence-corrected chi connectivity index (χ3v) is 8.32. The molecule has 3 aliphatic rings. The molecule has 2 saturated heterocycles. The summed E-state index contributed by atoms with van der Waals surface area (Å²) in [4.78, 5) is 29.7. The Kier molecular flexibility index (Phi) is 6.06. The summed E-state index contributed by atoms with van der Waals surface area (Å²) >= 11 is 6.72. The van der Waals surface area contributed by atoms with Gasteiger partial charge in [0.15, 0.2) is 5.82 Å². The maximum Gasteiger partial charge on any atom is 0.245 e. The maximum absolute atomic E-state index is 11.9. The zero-order valence-corrected chi connectivity index (χ0v) is 21.5. The molecule has 36 heavy (non-hydrogen) atoms. The Hall–Kier alpha value is -3.33. The molecule has 3 N–H and O–H groups in total. The van der Waals surface area contributed by atoms with Gasteiger partial charge in [0.25, 0.3) is 0 Å². The average molecular weight is 510 g/mol. The van der Waals surface area contributed by atoms with Crippen molar-refractivity contribution >= 4 is 41.1 Å². The average Bonchev–Trinajstić information content (AvgIpc) is 3.14. The molecule has 190 valence electrons. The minimum Gasteiger partial charge on any atom is -0.398 e. The van der Waals surface area contributed by atoms with Crippen LogP contribution in [0.3, 0.4) is 0 Å². The number of nitrogens with zero attached hydrogens (tertiary/aromatic N) is 5. The van der Waals surface area contributed by atoms with Crippen molar-refractivity contribution in [3.8, 4) is 11.1 Å². The highest BCUT2D eigenvalue weighted by Gasteiger charge is 2.54. The highest BCUT2D eigenvalue weighted by molar-refractivity contribution is 6.34. The molecule has 0 atom stereocenters. The molecule has 2 aromatic rings. The number of nitrogens with two attached hydrogens (primary N) is 1. The number of nitrogens with one attached hydrogen (secondary N) is 1. The molecule has 1 aromatic heterocycles. The molecule has 0 radical (unpaired) electrons. The van der Waals surface area contributed by atoms with Gasteiger partial charge in [-0.15, -0.1) is 0 Å². The molecule has 0 unspecified atom stereocenters. The van der Waals surface area contributed by atoms with E-state index < -0.39 is 0 Å². The van der Waals surface area contributed by atoms with Crippen LogP contribution in [-0.4, -0.2) is 76.9 Å². The Morgan fingerprint density at radius 3 is 2.42 bits per heavy atom. The van der Waals surface area contributed by atoms with E-state index in [9.17, 15) is 9.59 Å². The van der Waals surface area contributed by atoms with Gasteiger partial charge in [0.1, 0.15) is 0 Å². The second kappa shape index (κ2) is 8.96. The van der Waals surface area contributed by atoms with Crippen LogP contribution >= 0.6 is 11.6 Å². The Labute approximate surface area is 216 Å². The zero-order chi connectivity index (χ0) is 25.8. The van der Waals surface area contributed by atoms with E-state index in [1.54, 1.807) is 19.1 Å². The third-order valence-electron chi connectivity index (χ3n) is 8.00. The Bertz CT molecular complexity index is 1250. The van der Waals surface area contributed by atoms with Gasteiger partial charge >= 0.3 is 0 Å². The van der Waals surface area contributed by atoms with Gasteiger partial charge in [-0.3, -0.25) is 14.3 Å². The van der Waals surface area contributed by atoms with Gasteiger partial charge in [-0.25, -0.2) is 0 Å². The summed E-state index contributed by atoms with van der Waals surface area (Å²) in [6, 6.07) is 3.71. The van der Waals surface area contributed by atoms with E-state index in [-0.39, 0.29) is 23.3 Å². The van der Waals surface area contributed by atoms with E-state index >= 15 is 0 Å². The van der Waals surface area contributed by atoms with Crippen LogP contribution in [0.4, 0.5) is 11.5 Å². The highest BCUT2D eigenvalue weighted by Crippen LogP contribution is 2.55. The second-order valence-electron chi connectivity index (χ2n) is 10.3. The minimum absolute atomic E-state index is 0.0101. The van der Waals surface area contributed by atoms with E-state index in [0.29, 0.717) is 42.5 Å². The lowest BCUT2D eigenvalue weighted by atomic mass is 9.60. The minimum atomic E-state index is -0.0101. The first-order valence-electron chi connectivity index (χ1n) is 12.3. The molecule has 2 aliphatic heterocycles. The van der Waals surface area contributed by atoms with Crippen molar-refractivity contribution in [2.75, 3.05) is 49.9 Å². The largest absolute Gasteiger partial charge is 0.398 e. The lowest BCUT2D eigenvalue weighted by Gasteiger charge is -2.58. The molecule has 1 spiro atoms. The fourth-order valence-electron chi connectivity index (χ4n) is 6.04. The van der Waals surface area contributed by atoms with Crippen molar-refractivity contribution in [1.29, 1.82) is 5.41 Å². The van der Waals surface area contributed by atoms with Gasteiger partial charge in [-0.1, -0.05) is 18.2 Å². The third kappa shape index (κ3) is 3.86.